The van der Waals surface area contributed by atoms with Crippen LogP contribution in [0.15, 0.2) is 60.7 Å². The minimum absolute atomic E-state index is 0.271. The molecule has 1 N–H and O–H groups in total. The second-order valence-corrected chi connectivity index (χ2v) is 8.22. The van der Waals surface area contributed by atoms with Crippen molar-refractivity contribution in [3.63, 3.8) is 0 Å². The van der Waals surface area contributed by atoms with Crippen LogP contribution >= 0.6 is 0 Å². The maximum atomic E-state index is 11.2. The maximum absolute atomic E-state index is 11.2. The number of hydrogen-bond acceptors (Lipinski definition) is 3. The van der Waals surface area contributed by atoms with E-state index in [-0.39, 0.29) is 5.78 Å². The standard InChI is InChI=1S/C26H29NO2/c28-19-25(29)14-11-20-5-7-21(8-6-20)17-27(18-22-9-10-22)16-15-24-13-12-23-3-1-2-4-26(23)24/h1-8,11,13-14,22,28H,9-10,12,15-19H2/b14-11+. The Morgan fingerprint density at radius 3 is 2.66 bits per heavy atom. The highest BCUT2D eigenvalue weighted by molar-refractivity contribution is 5.94. The fourth-order valence-electron chi connectivity index (χ4n) is 4.00. The zero-order valence-corrected chi connectivity index (χ0v) is 16.9. The van der Waals surface area contributed by atoms with Crippen molar-refractivity contribution in [1.82, 2.24) is 4.90 Å². The molecule has 0 aliphatic heterocycles. The molecular weight excluding hydrogens is 358 g/mol. The van der Waals surface area contributed by atoms with Gasteiger partial charge in [-0.25, -0.2) is 0 Å². The Balaban J connectivity index is 1.36. The number of carbonyl (C=O) groups is 1. The highest BCUT2D eigenvalue weighted by Crippen LogP contribution is 2.32. The normalized spacial score (nSPS) is 15.7. The molecule has 1 fully saturated rings. The highest BCUT2D eigenvalue weighted by Gasteiger charge is 2.24. The van der Waals surface area contributed by atoms with E-state index in [9.17, 15) is 4.79 Å². The summed E-state index contributed by atoms with van der Waals surface area (Å²) < 4.78 is 0. The quantitative estimate of drug-likeness (QED) is 0.610. The van der Waals surface area contributed by atoms with Gasteiger partial charge in [-0.3, -0.25) is 9.69 Å². The van der Waals surface area contributed by atoms with Crippen molar-refractivity contribution in [3.05, 3.63) is 82.9 Å². The van der Waals surface area contributed by atoms with Crippen LogP contribution in [0.1, 0.15) is 41.5 Å². The number of aliphatic hydroxyl groups is 1. The molecule has 3 heteroatoms. The summed E-state index contributed by atoms with van der Waals surface area (Å²) in [5, 5.41) is 8.81. The van der Waals surface area contributed by atoms with E-state index in [2.05, 4.69) is 47.4 Å². The van der Waals surface area contributed by atoms with Gasteiger partial charge in [0.05, 0.1) is 0 Å². The smallest absolute Gasteiger partial charge is 0.181 e. The van der Waals surface area contributed by atoms with Gasteiger partial charge in [0.1, 0.15) is 6.61 Å². The first-order valence-corrected chi connectivity index (χ1v) is 10.6. The van der Waals surface area contributed by atoms with Crippen LogP contribution < -0.4 is 0 Å². The van der Waals surface area contributed by atoms with E-state index in [1.807, 2.05) is 12.1 Å². The molecule has 0 unspecified atom stereocenters. The van der Waals surface area contributed by atoms with Gasteiger partial charge in [0.15, 0.2) is 5.78 Å². The van der Waals surface area contributed by atoms with Gasteiger partial charge in [-0.15, -0.1) is 0 Å². The van der Waals surface area contributed by atoms with Crippen LogP contribution in [0.4, 0.5) is 0 Å². The lowest BCUT2D eigenvalue weighted by Gasteiger charge is -2.23. The molecule has 0 radical (unpaired) electrons. The average molecular weight is 388 g/mol. The Hall–Kier alpha value is -2.49. The van der Waals surface area contributed by atoms with Gasteiger partial charge < -0.3 is 5.11 Å². The van der Waals surface area contributed by atoms with Crippen LogP contribution in [0.3, 0.4) is 0 Å². The number of allylic oxidation sites excluding steroid dienone is 1. The van der Waals surface area contributed by atoms with Crippen molar-refractivity contribution in [1.29, 1.82) is 0 Å². The van der Waals surface area contributed by atoms with Crippen LogP contribution in [0, 0.1) is 5.92 Å². The van der Waals surface area contributed by atoms with E-state index in [0.29, 0.717) is 0 Å². The van der Waals surface area contributed by atoms with Gasteiger partial charge in [0.2, 0.25) is 0 Å². The molecule has 2 aromatic carbocycles. The third-order valence-electron chi connectivity index (χ3n) is 5.85. The summed E-state index contributed by atoms with van der Waals surface area (Å²) in [4.78, 5) is 13.8. The van der Waals surface area contributed by atoms with Crippen molar-refractivity contribution in [2.75, 3.05) is 19.7 Å². The lowest BCUT2D eigenvalue weighted by molar-refractivity contribution is -0.117. The lowest BCUT2D eigenvalue weighted by atomic mass is 10.0. The number of nitrogens with zero attached hydrogens (tertiary/aromatic N) is 1. The van der Waals surface area contributed by atoms with Crippen molar-refractivity contribution in [3.8, 4) is 0 Å². The third-order valence-corrected chi connectivity index (χ3v) is 5.85. The molecule has 2 aliphatic carbocycles. The molecule has 0 heterocycles. The first-order valence-electron chi connectivity index (χ1n) is 10.6. The fraction of sp³-hybridized carbons (Fsp3) is 0.346. The summed E-state index contributed by atoms with van der Waals surface area (Å²) in [5.74, 6) is 0.596. The van der Waals surface area contributed by atoms with E-state index in [4.69, 9.17) is 5.11 Å². The summed E-state index contributed by atoms with van der Waals surface area (Å²) in [6, 6.07) is 17.2. The average Bonchev–Trinajstić information content (AvgIpc) is 3.48. The molecule has 0 amide bonds. The van der Waals surface area contributed by atoms with Crippen molar-refractivity contribution >= 4 is 17.4 Å². The SMILES string of the molecule is O=C(/C=C/c1ccc(CN(CCC2=CCc3ccccc32)CC2CC2)cc1)CO. The Morgan fingerprint density at radius 2 is 1.90 bits per heavy atom. The van der Waals surface area contributed by atoms with Crippen LogP contribution in [0.2, 0.25) is 0 Å². The summed E-state index contributed by atoms with van der Waals surface area (Å²) >= 11 is 0. The Bertz CT molecular complexity index is 907. The maximum Gasteiger partial charge on any atom is 0.181 e. The Labute approximate surface area is 173 Å². The van der Waals surface area contributed by atoms with Crippen molar-refractivity contribution in [2.24, 2.45) is 5.92 Å². The molecule has 29 heavy (non-hydrogen) atoms. The van der Waals surface area contributed by atoms with Gasteiger partial charge in [0.25, 0.3) is 0 Å². The molecule has 4 rings (SSSR count). The lowest BCUT2D eigenvalue weighted by Crippen LogP contribution is -2.27. The Kier molecular flexibility index (Phi) is 6.38. The molecule has 1 saturated carbocycles. The monoisotopic (exact) mass is 387 g/mol. The number of benzene rings is 2. The van der Waals surface area contributed by atoms with Crippen LogP contribution in [0.5, 0.6) is 0 Å². The number of fused-ring (bicyclic) bond motifs is 1. The van der Waals surface area contributed by atoms with Crippen molar-refractivity contribution in [2.45, 2.75) is 32.2 Å². The number of aliphatic hydroxyl groups excluding tert-OH is 1. The molecular formula is C26H29NO2. The van der Waals surface area contributed by atoms with Crippen LogP contribution in [-0.4, -0.2) is 35.5 Å². The van der Waals surface area contributed by atoms with E-state index in [1.165, 1.54) is 47.7 Å². The first kappa shape index (κ1) is 19.8. The molecule has 3 nitrogen and oxygen atoms in total. The van der Waals surface area contributed by atoms with Gasteiger partial charge in [-0.05, 0) is 65.5 Å². The second-order valence-electron chi connectivity index (χ2n) is 8.22. The van der Waals surface area contributed by atoms with E-state index >= 15 is 0 Å². The number of hydrogen-bond donors (Lipinski definition) is 1. The second kappa shape index (κ2) is 9.34. The minimum Gasteiger partial charge on any atom is -0.388 e. The first-order chi connectivity index (χ1) is 14.2. The fourth-order valence-corrected chi connectivity index (χ4v) is 4.00. The van der Waals surface area contributed by atoms with E-state index in [1.54, 1.807) is 6.08 Å². The topological polar surface area (TPSA) is 40.5 Å². The molecule has 0 bridgehead atoms. The molecule has 0 spiro atoms. The Morgan fingerprint density at radius 1 is 1.10 bits per heavy atom. The summed E-state index contributed by atoms with van der Waals surface area (Å²) in [7, 11) is 0. The molecule has 0 saturated heterocycles. The zero-order chi connectivity index (χ0) is 20.1. The van der Waals surface area contributed by atoms with Gasteiger partial charge in [0, 0.05) is 19.6 Å². The van der Waals surface area contributed by atoms with E-state index < -0.39 is 6.61 Å². The third kappa shape index (κ3) is 5.53. The van der Waals surface area contributed by atoms with E-state index in [0.717, 1.165) is 37.4 Å². The summed E-state index contributed by atoms with van der Waals surface area (Å²) in [6.07, 6.45) is 10.5. The highest BCUT2D eigenvalue weighted by atomic mass is 16.3. The number of carbonyl (C=O) groups excluding carboxylic acids is 1. The van der Waals surface area contributed by atoms with Crippen molar-refractivity contribution < 1.29 is 9.90 Å². The van der Waals surface area contributed by atoms with Gasteiger partial charge >= 0.3 is 0 Å². The minimum atomic E-state index is -0.439. The number of rotatable bonds is 10. The molecule has 150 valence electrons. The summed E-state index contributed by atoms with van der Waals surface area (Å²) in [6.45, 7) is 2.79. The zero-order valence-electron chi connectivity index (χ0n) is 16.9. The van der Waals surface area contributed by atoms with Crippen LogP contribution in [-0.2, 0) is 17.8 Å². The molecule has 0 atom stereocenters. The molecule has 0 aromatic heterocycles. The number of ketones is 1. The molecule has 2 aromatic rings. The van der Waals surface area contributed by atoms with Gasteiger partial charge in [-0.2, -0.15) is 0 Å². The molecule has 2 aliphatic rings. The van der Waals surface area contributed by atoms with Gasteiger partial charge in [-0.1, -0.05) is 60.7 Å². The summed E-state index contributed by atoms with van der Waals surface area (Å²) in [5.41, 5.74) is 6.68. The largest absolute Gasteiger partial charge is 0.388 e. The predicted molar refractivity (Wildman–Crippen MR) is 118 cm³/mol. The van der Waals surface area contributed by atoms with Crippen LogP contribution in [0.25, 0.3) is 11.6 Å². The predicted octanol–water partition coefficient (Wildman–Crippen LogP) is 4.50.